The Labute approximate surface area is 127 Å². The van der Waals surface area contributed by atoms with Crippen LogP contribution in [0.15, 0.2) is 18.5 Å². The van der Waals surface area contributed by atoms with Gasteiger partial charge in [0.1, 0.15) is 4.90 Å². The molecule has 0 aromatic carbocycles. The molecule has 0 saturated carbocycles. The predicted molar refractivity (Wildman–Crippen MR) is 77.5 cm³/mol. The predicted octanol–water partition coefficient (Wildman–Crippen LogP) is 1.54. The molecule has 1 aromatic rings. The van der Waals surface area contributed by atoms with Gasteiger partial charge in [0.05, 0.1) is 20.3 Å². The normalized spacial score (nSPS) is 21.1. The number of nitrogens with one attached hydrogen (secondary N) is 2. The van der Waals surface area contributed by atoms with E-state index in [-0.39, 0.29) is 17.5 Å². The molecule has 0 bridgehead atoms. The Morgan fingerprint density at radius 3 is 2.89 bits per heavy atom. The molecule has 2 N–H and O–H groups in total. The average Bonchev–Trinajstić information content (AvgIpc) is 2.68. The second-order valence-corrected chi connectivity index (χ2v) is 9.22. The van der Waals surface area contributed by atoms with Gasteiger partial charge in [-0.1, -0.05) is 0 Å². The van der Waals surface area contributed by atoms with Crippen molar-refractivity contribution < 1.29 is 13.2 Å². The first-order valence-corrected chi connectivity index (χ1v) is 9.14. The van der Waals surface area contributed by atoms with E-state index >= 15 is 0 Å². The van der Waals surface area contributed by atoms with Gasteiger partial charge < -0.3 is 10.1 Å². The first-order chi connectivity index (χ1) is 8.49. The van der Waals surface area contributed by atoms with E-state index in [9.17, 15) is 8.42 Å². The molecule has 1 atom stereocenters. The fraction of sp³-hybridized carbons (Fsp3) is 0.556. The van der Waals surface area contributed by atoms with Crippen LogP contribution in [0.1, 0.15) is 0 Å². The zero-order valence-corrected chi connectivity index (χ0v) is 14.1. The van der Waals surface area contributed by atoms with Gasteiger partial charge in [0, 0.05) is 19.6 Å². The molecule has 2 heterocycles. The van der Waals surface area contributed by atoms with E-state index < -0.39 is 10.0 Å². The van der Waals surface area contributed by atoms with Crippen molar-refractivity contribution in [1.82, 2.24) is 10.0 Å². The maximum atomic E-state index is 12.1. The Hall–Kier alpha value is 0.490. The number of rotatable bonds is 4. The number of hydrogen-bond donors (Lipinski definition) is 2. The molecule has 1 aromatic heterocycles. The lowest BCUT2D eigenvalue weighted by atomic mass is 10.3. The van der Waals surface area contributed by atoms with Crippen molar-refractivity contribution in [3.63, 3.8) is 0 Å². The summed E-state index contributed by atoms with van der Waals surface area (Å²) in [7, 11) is -3.49. The number of halogens is 2. The Bertz CT molecular complexity index is 512. The highest BCUT2D eigenvalue weighted by Crippen LogP contribution is 2.34. The van der Waals surface area contributed by atoms with Gasteiger partial charge in [-0.2, -0.15) is 0 Å². The molecule has 0 aliphatic carbocycles. The maximum Gasteiger partial charge on any atom is 0.242 e. The standard InChI is InChI=1S/C9H12Br2N2O3S2/c10-8-3-7(9(11)17-8)18(14,15)13-5-6-4-12-1-2-16-6/h3,6,12-13H,1-2,4-5H2. The number of hydrogen-bond acceptors (Lipinski definition) is 5. The van der Waals surface area contributed by atoms with Crippen LogP contribution in [0.5, 0.6) is 0 Å². The topological polar surface area (TPSA) is 67.4 Å². The third-order valence-corrected chi connectivity index (χ3v) is 6.60. The molecule has 1 aliphatic rings. The molecule has 0 spiro atoms. The molecular weight excluding hydrogens is 408 g/mol. The van der Waals surface area contributed by atoms with Crippen LogP contribution in [0.4, 0.5) is 0 Å². The fourth-order valence-corrected chi connectivity index (χ4v) is 6.42. The molecule has 0 amide bonds. The van der Waals surface area contributed by atoms with Crippen LogP contribution in [0.2, 0.25) is 0 Å². The highest BCUT2D eigenvalue weighted by Gasteiger charge is 2.22. The summed E-state index contributed by atoms with van der Waals surface area (Å²) in [6.45, 7) is 2.36. The molecule has 9 heteroatoms. The summed E-state index contributed by atoms with van der Waals surface area (Å²) < 4.78 is 33.5. The SMILES string of the molecule is O=S(=O)(NCC1CNCCO1)c1cc(Br)sc1Br. The smallest absolute Gasteiger partial charge is 0.242 e. The van der Waals surface area contributed by atoms with Crippen molar-refractivity contribution in [2.45, 2.75) is 11.0 Å². The van der Waals surface area contributed by atoms with Crippen molar-refractivity contribution >= 4 is 53.2 Å². The van der Waals surface area contributed by atoms with Crippen LogP contribution in [0, 0.1) is 0 Å². The minimum Gasteiger partial charge on any atom is -0.374 e. The van der Waals surface area contributed by atoms with Crippen LogP contribution >= 0.6 is 43.2 Å². The molecule has 1 aliphatic heterocycles. The zero-order chi connectivity index (χ0) is 13.2. The first-order valence-electron chi connectivity index (χ1n) is 5.26. The van der Waals surface area contributed by atoms with Gasteiger partial charge in [0.2, 0.25) is 10.0 Å². The quantitative estimate of drug-likeness (QED) is 0.776. The number of sulfonamides is 1. The third-order valence-electron chi connectivity index (χ3n) is 2.42. The lowest BCUT2D eigenvalue weighted by molar-refractivity contribution is 0.0324. The third kappa shape index (κ3) is 3.75. The van der Waals surface area contributed by atoms with Gasteiger partial charge in [0.15, 0.2) is 0 Å². The molecule has 1 fully saturated rings. The van der Waals surface area contributed by atoms with E-state index in [1.165, 1.54) is 11.3 Å². The van der Waals surface area contributed by atoms with Crippen molar-refractivity contribution in [3.05, 3.63) is 13.6 Å². The fourth-order valence-electron chi connectivity index (χ4n) is 1.54. The highest BCUT2D eigenvalue weighted by atomic mass is 79.9. The van der Waals surface area contributed by atoms with Crippen LogP contribution in [-0.4, -0.2) is 40.8 Å². The summed E-state index contributed by atoms with van der Waals surface area (Å²) in [6, 6.07) is 1.58. The first kappa shape index (κ1) is 14.9. The molecule has 18 heavy (non-hydrogen) atoms. The molecule has 102 valence electrons. The molecule has 2 rings (SSSR count). The van der Waals surface area contributed by atoms with Crippen LogP contribution < -0.4 is 10.0 Å². The van der Waals surface area contributed by atoms with E-state index in [4.69, 9.17) is 4.74 Å². The molecule has 1 saturated heterocycles. The monoisotopic (exact) mass is 418 g/mol. The van der Waals surface area contributed by atoms with E-state index in [0.717, 1.165) is 10.3 Å². The second-order valence-electron chi connectivity index (χ2n) is 3.74. The summed E-state index contributed by atoms with van der Waals surface area (Å²) in [5.74, 6) is 0. The van der Waals surface area contributed by atoms with Gasteiger partial charge in [0.25, 0.3) is 0 Å². The summed E-state index contributed by atoms with van der Waals surface area (Å²) in [4.78, 5) is 0.253. The Morgan fingerprint density at radius 2 is 2.33 bits per heavy atom. The average molecular weight is 420 g/mol. The van der Waals surface area contributed by atoms with Crippen molar-refractivity contribution in [2.75, 3.05) is 26.2 Å². The molecule has 5 nitrogen and oxygen atoms in total. The maximum absolute atomic E-state index is 12.1. The van der Waals surface area contributed by atoms with Crippen molar-refractivity contribution in [3.8, 4) is 0 Å². The zero-order valence-electron chi connectivity index (χ0n) is 9.28. The molecule has 1 unspecified atom stereocenters. The van der Waals surface area contributed by atoms with Gasteiger partial charge >= 0.3 is 0 Å². The van der Waals surface area contributed by atoms with Gasteiger partial charge in [-0.25, -0.2) is 13.1 Å². The number of ether oxygens (including phenoxy) is 1. The van der Waals surface area contributed by atoms with Gasteiger partial charge in [-0.05, 0) is 37.9 Å². The summed E-state index contributed by atoms with van der Waals surface area (Å²) in [5.41, 5.74) is 0. The Balaban J connectivity index is 2.01. The van der Waals surface area contributed by atoms with E-state index in [2.05, 4.69) is 41.9 Å². The van der Waals surface area contributed by atoms with Crippen LogP contribution in [0.25, 0.3) is 0 Å². The largest absolute Gasteiger partial charge is 0.374 e. The van der Waals surface area contributed by atoms with Crippen molar-refractivity contribution in [1.29, 1.82) is 0 Å². The minimum atomic E-state index is -3.49. The lowest BCUT2D eigenvalue weighted by Crippen LogP contribution is -2.45. The van der Waals surface area contributed by atoms with Crippen LogP contribution in [0.3, 0.4) is 0 Å². The Kier molecular flexibility index (Phi) is 5.21. The number of morpholine rings is 1. The summed E-state index contributed by atoms with van der Waals surface area (Å²) in [6.07, 6.45) is -0.116. The molecule has 0 radical (unpaired) electrons. The minimum absolute atomic E-state index is 0.116. The van der Waals surface area contributed by atoms with E-state index in [0.29, 0.717) is 16.9 Å². The van der Waals surface area contributed by atoms with E-state index in [1.807, 2.05) is 0 Å². The Morgan fingerprint density at radius 1 is 1.56 bits per heavy atom. The summed E-state index contributed by atoms with van der Waals surface area (Å²) >= 11 is 7.84. The summed E-state index contributed by atoms with van der Waals surface area (Å²) in [5, 5.41) is 3.15. The number of thiophene rings is 1. The van der Waals surface area contributed by atoms with Gasteiger partial charge in [-0.15, -0.1) is 11.3 Å². The highest BCUT2D eigenvalue weighted by molar-refractivity contribution is 9.12. The van der Waals surface area contributed by atoms with Gasteiger partial charge in [-0.3, -0.25) is 0 Å². The second kappa shape index (κ2) is 6.29. The van der Waals surface area contributed by atoms with Crippen LogP contribution in [-0.2, 0) is 14.8 Å². The van der Waals surface area contributed by atoms with E-state index in [1.54, 1.807) is 6.07 Å². The molecular formula is C9H12Br2N2O3S2. The van der Waals surface area contributed by atoms with Crippen molar-refractivity contribution in [2.24, 2.45) is 0 Å². The lowest BCUT2D eigenvalue weighted by Gasteiger charge is -2.23.